The first-order chi connectivity index (χ1) is 21.4. The van der Waals surface area contributed by atoms with Crippen molar-refractivity contribution in [3.63, 3.8) is 0 Å². The number of aromatic amines is 2. The fourth-order valence-corrected chi connectivity index (χ4v) is 6.25. The van der Waals surface area contributed by atoms with Crippen LogP contribution in [0.2, 0.25) is 0 Å². The van der Waals surface area contributed by atoms with Crippen molar-refractivity contribution in [2.45, 2.75) is 86.5 Å². The Labute approximate surface area is 264 Å². The molecule has 0 saturated heterocycles. The van der Waals surface area contributed by atoms with E-state index in [0.717, 1.165) is 80.4 Å². The van der Waals surface area contributed by atoms with E-state index in [4.69, 9.17) is 9.47 Å². The zero-order chi connectivity index (χ0) is 33.0. The standard InChI is InChI=1S/C35H44N4O6/c1-9-22-20(5)34(42)38-28(22)15-26-18(3)24(11-13-32(40)44-7)30(36-26)17-31-25(12-14-33(41)45-8)19(4)27(37-31)16-29-23(10-2)21(6)35(43)39-29/h15-16,36-37H,9-14,17H2,1-8H3,(H,38,42)(H,39,43)/b28-15-,29-16-/i32+1,33+1. The smallest absolute Gasteiger partial charge is 0.305 e. The van der Waals surface area contributed by atoms with Crippen LogP contribution >= 0.6 is 0 Å². The van der Waals surface area contributed by atoms with E-state index in [1.54, 1.807) is 0 Å². The lowest BCUT2D eigenvalue weighted by molar-refractivity contribution is -0.141. The minimum Gasteiger partial charge on any atom is -0.469 e. The molecule has 0 aliphatic carbocycles. The molecule has 4 heterocycles. The molecular formula is C35H44N4O6. The summed E-state index contributed by atoms with van der Waals surface area (Å²) in [5.41, 5.74) is 12.4. The molecule has 0 saturated carbocycles. The molecule has 2 aromatic rings. The normalized spacial score (nSPS) is 16.7. The number of methoxy groups -OCH3 is 2. The number of amides is 2. The monoisotopic (exact) mass is 618 g/mol. The summed E-state index contributed by atoms with van der Waals surface area (Å²) < 4.78 is 9.86. The Balaban J connectivity index is 1.80. The number of carbonyl (C=O) groups excluding carboxylic acids is 4. The maximum absolute atomic E-state index is 12.4. The van der Waals surface area contributed by atoms with Crippen molar-refractivity contribution in [1.29, 1.82) is 0 Å². The van der Waals surface area contributed by atoms with Crippen molar-refractivity contribution in [3.05, 3.63) is 78.7 Å². The van der Waals surface area contributed by atoms with E-state index in [0.29, 0.717) is 30.4 Å². The van der Waals surface area contributed by atoms with Crippen molar-refractivity contribution in [2.75, 3.05) is 14.2 Å². The number of hydrogen-bond acceptors (Lipinski definition) is 6. The molecule has 2 aliphatic rings. The van der Waals surface area contributed by atoms with Gasteiger partial charge in [0.2, 0.25) is 0 Å². The number of H-pyrrole nitrogens is 2. The minimum atomic E-state index is -0.298. The number of nitrogens with one attached hydrogen (secondary N) is 4. The highest BCUT2D eigenvalue weighted by Crippen LogP contribution is 2.32. The molecule has 0 spiro atoms. The summed E-state index contributed by atoms with van der Waals surface area (Å²) >= 11 is 0. The Kier molecular flexibility index (Phi) is 10.4. The first kappa shape index (κ1) is 33.3. The average molecular weight is 619 g/mol. The van der Waals surface area contributed by atoms with E-state index in [2.05, 4.69) is 20.6 Å². The van der Waals surface area contributed by atoms with E-state index < -0.39 is 0 Å². The van der Waals surface area contributed by atoms with Gasteiger partial charge in [-0.25, -0.2) is 0 Å². The van der Waals surface area contributed by atoms with E-state index in [1.165, 1.54) is 14.2 Å². The predicted octanol–water partition coefficient (Wildman–Crippen LogP) is 5.16. The number of carbonyl (C=O) groups is 4. The largest absolute Gasteiger partial charge is 0.469 e. The zero-order valence-electron chi connectivity index (χ0n) is 27.6. The lowest BCUT2D eigenvalue weighted by Crippen LogP contribution is -2.15. The molecule has 0 bridgehead atoms. The fourth-order valence-electron chi connectivity index (χ4n) is 6.25. The highest BCUT2D eigenvalue weighted by Gasteiger charge is 2.26. The van der Waals surface area contributed by atoms with Crippen LogP contribution in [0.3, 0.4) is 0 Å². The van der Waals surface area contributed by atoms with Gasteiger partial charge < -0.3 is 30.1 Å². The van der Waals surface area contributed by atoms with Crippen LogP contribution in [0.25, 0.3) is 12.2 Å². The van der Waals surface area contributed by atoms with Gasteiger partial charge in [0.05, 0.1) is 14.2 Å². The molecule has 0 radical (unpaired) electrons. The Bertz CT molecular complexity index is 1550. The van der Waals surface area contributed by atoms with Gasteiger partial charge in [0, 0.05) is 64.6 Å². The van der Waals surface area contributed by atoms with Crippen LogP contribution in [0, 0.1) is 13.8 Å². The SMILES string of the molecule is CCC1=C(C)C(=O)N/C1=C\c1[nH]c(Cc2[nH]c(/C=C3\NC(=O)C(C)=C3CC)c(C)c2CC[13C](=O)OC)c(CC[13C](=O)OC)c1C. The van der Waals surface area contributed by atoms with Crippen molar-refractivity contribution >= 4 is 35.9 Å². The molecule has 0 aromatic carbocycles. The molecule has 0 fully saturated rings. The summed E-state index contributed by atoms with van der Waals surface area (Å²) in [7, 11) is 2.76. The second-order valence-electron chi connectivity index (χ2n) is 11.5. The Morgan fingerprint density at radius 1 is 0.667 bits per heavy atom. The third kappa shape index (κ3) is 6.90. The van der Waals surface area contributed by atoms with Crippen molar-refractivity contribution in [2.24, 2.45) is 0 Å². The van der Waals surface area contributed by atoms with Crippen LogP contribution in [-0.2, 0) is 47.9 Å². The van der Waals surface area contributed by atoms with Gasteiger partial charge in [-0.15, -0.1) is 0 Å². The molecule has 4 N–H and O–H groups in total. The van der Waals surface area contributed by atoms with Gasteiger partial charge in [-0.05, 0) is 98.9 Å². The van der Waals surface area contributed by atoms with Crippen LogP contribution in [0.1, 0.15) is 98.4 Å². The lowest BCUT2D eigenvalue weighted by Gasteiger charge is -2.08. The maximum Gasteiger partial charge on any atom is 0.305 e. The number of esters is 2. The summed E-state index contributed by atoms with van der Waals surface area (Å²) in [6.45, 7) is 11.7. The molecule has 0 unspecified atom stereocenters. The first-order valence-electron chi connectivity index (χ1n) is 15.4. The molecule has 10 heteroatoms. The second-order valence-corrected chi connectivity index (χ2v) is 11.5. The predicted molar refractivity (Wildman–Crippen MR) is 173 cm³/mol. The lowest BCUT2D eigenvalue weighted by atomic mass is 9.99. The van der Waals surface area contributed by atoms with Crippen LogP contribution < -0.4 is 10.6 Å². The third-order valence-electron chi connectivity index (χ3n) is 9.00. The Hall–Kier alpha value is -4.60. The molecule has 240 valence electrons. The van der Waals surface area contributed by atoms with Crippen molar-refractivity contribution < 1.29 is 28.7 Å². The van der Waals surface area contributed by atoms with Gasteiger partial charge in [0.15, 0.2) is 0 Å². The Morgan fingerprint density at radius 2 is 1.04 bits per heavy atom. The molecule has 2 amide bonds. The summed E-state index contributed by atoms with van der Waals surface area (Å²) in [6, 6.07) is 0. The highest BCUT2D eigenvalue weighted by atomic mass is 16.6. The fraction of sp³-hybridized carbons (Fsp3) is 0.429. The van der Waals surface area contributed by atoms with Gasteiger partial charge in [-0.1, -0.05) is 13.8 Å². The van der Waals surface area contributed by atoms with Crippen LogP contribution in [-0.4, -0.2) is 47.9 Å². The quantitative estimate of drug-likeness (QED) is 0.191. The Morgan fingerprint density at radius 3 is 1.38 bits per heavy atom. The van der Waals surface area contributed by atoms with Gasteiger partial charge in [0.25, 0.3) is 11.8 Å². The average Bonchev–Trinajstić information content (AvgIpc) is 3.67. The van der Waals surface area contributed by atoms with E-state index >= 15 is 0 Å². The van der Waals surface area contributed by atoms with Gasteiger partial charge >= 0.3 is 11.9 Å². The molecule has 2 aromatic heterocycles. The molecule has 2 aliphatic heterocycles. The highest BCUT2D eigenvalue weighted by molar-refractivity contribution is 6.01. The second kappa shape index (κ2) is 14.0. The van der Waals surface area contributed by atoms with Crippen molar-refractivity contribution in [1.82, 2.24) is 20.6 Å². The summed E-state index contributed by atoms with van der Waals surface area (Å²) in [5, 5.41) is 5.97. The number of hydrogen-bond donors (Lipinski definition) is 4. The van der Waals surface area contributed by atoms with Gasteiger partial charge in [-0.3, -0.25) is 19.2 Å². The van der Waals surface area contributed by atoms with E-state index in [9.17, 15) is 19.2 Å². The minimum absolute atomic E-state index is 0.0954. The molecule has 45 heavy (non-hydrogen) atoms. The summed E-state index contributed by atoms with van der Waals surface area (Å²) in [6.07, 6.45) is 7.22. The third-order valence-corrected chi connectivity index (χ3v) is 9.00. The number of rotatable bonds is 12. The zero-order valence-corrected chi connectivity index (χ0v) is 27.6. The number of allylic oxidation sites excluding steroid dienone is 2. The maximum atomic E-state index is 12.4. The topological polar surface area (TPSA) is 142 Å². The van der Waals surface area contributed by atoms with Crippen LogP contribution in [0.15, 0.2) is 33.7 Å². The molecule has 10 nitrogen and oxygen atoms in total. The van der Waals surface area contributed by atoms with E-state index in [-0.39, 0.29) is 36.6 Å². The van der Waals surface area contributed by atoms with E-state index in [1.807, 2.05) is 53.7 Å². The number of ether oxygens (including phenoxy) is 2. The first-order valence-corrected chi connectivity index (χ1v) is 15.4. The van der Waals surface area contributed by atoms with Crippen LogP contribution in [0.5, 0.6) is 0 Å². The molecular weight excluding hydrogens is 574 g/mol. The number of aromatic nitrogens is 2. The summed E-state index contributed by atoms with van der Waals surface area (Å²) in [4.78, 5) is 56.3. The van der Waals surface area contributed by atoms with Gasteiger partial charge in [0.1, 0.15) is 0 Å². The van der Waals surface area contributed by atoms with Gasteiger partial charge in [-0.2, -0.15) is 0 Å². The van der Waals surface area contributed by atoms with Crippen molar-refractivity contribution in [3.8, 4) is 0 Å². The molecule has 4 rings (SSSR count). The summed E-state index contributed by atoms with van der Waals surface area (Å²) in [5.74, 6) is -0.786. The van der Waals surface area contributed by atoms with Crippen LogP contribution in [0.4, 0.5) is 0 Å². The molecule has 0 atom stereocenters.